The molecule has 0 bridgehead atoms. The van der Waals surface area contributed by atoms with Crippen LogP contribution in [0.5, 0.6) is 0 Å². The molecule has 1 aliphatic rings. The lowest BCUT2D eigenvalue weighted by Gasteiger charge is -2.37. The highest BCUT2D eigenvalue weighted by atomic mass is 32.2. The van der Waals surface area contributed by atoms with Crippen LogP contribution >= 0.6 is 19.6 Å². The van der Waals surface area contributed by atoms with Gasteiger partial charge < -0.3 is 18.4 Å². The Morgan fingerprint density at radius 3 is 1.59 bits per heavy atom. The molecule has 1 atom stereocenters. The molecule has 0 saturated carbocycles. The number of likely N-dealkylation sites (N-methyl/N-ethyl adjacent to an activating group) is 1. The van der Waals surface area contributed by atoms with Gasteiger partial charge in [0.2, 0.25) is 0 Å². The van der Waals surface area contributed by atoms with Crippen molar-refractivity contribution in [3.8, 4) is 0 Å². The SMILES string of the molecule is CCCCCCCCCCCCCCCCCCOP(=O)([O-])OCC[N+]1(C)CCSCC1. The van der Waals surface area contributed by atoms with Gasteiger partial charge in [-0.05, 0) is 6.42 Å². The van der Waals surface area contributed by atoms with Crippen molar-refractivity contribution in [1.29, 1.82) is 0 Å². The van der Waals surface area contributed by atoms with Crippen LogP contribution in [0.4, 0.5) is 0 Å². The molecule has 0 aromatic carbocycles. The third kappa shape index (κ3) is 17.8. The van der Waals surface area contributed by atoms with Crippen LogP contribution in [-0.4, -0.2) is 55.9 Å². The zero-order valence-electron chi connectivity index (χ0n) is 21.2. The summed E-state index contributed by atoms with van der Waals surface area (Å²) < 4.78 is 22.9. The van der Waals surface area contributed by atoms with E-state index in [2.05, 4.69) is 14.0 Å². The fourth-order valence-corrected chi connectivity index (χ4v) is 6.32. The second kappa shape index (κ2) is 19.7. The van der Waals surface area contributed by atoms with E-state index >= 15 is 0 Å². The van der Waals surface area contributed by atoms with E-state index in [-0.39, 0.29) is 13.2 Å². The van der Waals surface area contributed by atoms with Gasteiger partial charge in [0.25, 0.3) is 7.82 Å². The lowest BCUT2D eigenvalue weighted by atomic mass is 10.0. The van der Waals surface area contributed by atoms with Gasteiger partial charge in [-0.25, -0.2) is 0 Å². The van der Waals surface area contributed by atoms with Crippen LogP contribution in [-0.2, 0) is 13.6 Å². The Morgan fingerprint density at radius 2 is 1.12 bits per heavy atom. The van der Waals surface area contributed by atoms with Crippen molar-refractivity contribution in [2.24, 2.45) is 0 Å². The maximum atomic E-state index is 11.9. The molecule has 0 aliphatic carbocycles. The summed E-state index contributed by atoms with van der Waals surface area (Å²) in [6.07, 6.45) is 20.9. The highest BCUT2D eigenvalue weighted by Gasteiger charge is 2.25. The van der Waals surface area contributed by atoms with Gasteiger partial charge in [-0.2, -0.15) is 11.8 Å². The molecule has 1 unspecified atom stereocenters. The molecular weight excluding hydrogens is 441 g/mol. The second-order valence-corrected chi connectivity index (χ2v) is 12.5. The standard InChI is InChI=1S/C25H52NO4PS/c1-3-4-5-6-7-8-9-10-11-12-13-14-15-16-17-18-22-29-31(27,28)30-23-19-26(2)20-24-32-25-21-26/h3-25H2,1-2H3. The number of thioether (sulfide) groups is 1. The lowest BCUT2D eigenvalue weighted by molar-refractivity contribution is -0.906. The summed E-state index contributed by atoms with van der Waals surface area (Å²) in [7, 11) is -1.97. The Bertz CT molecular complexity index is 475. The molecule has 1 rings (SSSR count). The van der Waals surface area contributed by atoms with Crippen molar-refractivity contribution in [3.05, 3.63) is 0 Å². The van der Waals surface area contributed by atoms with Gasteiger partial charge in [-0.1, -0.05) is 103 Å². The summed E-state index contributed by atoms with van der Waals surface area (Å²) >= 11 is 1.97. The molecule has 32 heavy (non-hydrogen) atoms. The van der Waals surface area contributed by atoms with Crippen LogP contribution in [0.3, 0.4) is 0 Å². The van der Waals surface area contributed by atoms with Crippen molar-refractivity contribution < 1.29 is 23.0 Å². The highest BCUT2D eigenvalue weighted by molar-refractivity contribution is 7.99. The molecule has 0 spiro atoms. The molecule has 0 aromatic heterocycles. The van der Waals surface area contributed by atoms with Crippen molar-refractivity contribution in [3.63, 3.8) is 0 Å². The molecule has 0 aromatic rings. The summed E-state index contributed by atoms with van der Waals surface area (Å²) in [5, 5.41) is 0. The quantitative estimate of drug-likeness (QED) is 0.0928. The number of rotatable bonds is 22. The second-order valence-electron chi connectivity index (χ2n) is 9.82. The number of unbranched alkanes of at least 4 members (excludes halogenated alkanes) is 15. The van der Waals surface area contributed by atoms with Crippen LogP contribution in [0.25, 0.3) is 0 Å². The number of quaternary nitrogens is 1. The summed E-state index contributed by atoms with van der Waals surface area (Å²) in [6, 6.07) is 0. The summed E-state index contributed by atoms with van der Waals surface area (Å²) in [5.41, 5.74) is 0. The smallest absolute Gasteiger partial charge is 0.268 e. The predicted octanol–water partition coefficient (Wildman–Crippen LogP) is 6.94. The maximum Gasteiger partial charge on any atom is 0.268 e. The Morgan fingerprint density at radius 1 is 0.719 bits per heavy atom. The number of phosphoric acid groups is 1. The van der Waals surface area contributed by atoms with Crippen LogP contribution in [0, 0.1) is 0 Å². The van der Waals surface area contributed by atoms with E-state index in [1.807, 2.05) is 11.8 Å². The van der Waals surface area contributed by atoms with E-state index < -0.39 is 7.82 Å². The Balaban J connectivity index is 1.82. The van der Waals surface area contributed by atoms with E-state index in [1.165, 1.54) is 89.9 Å². The first-order valence-corrected chi connectivity index (χ1v) is 16.1. The minimum atomic E-state index is -4.15. The molecule has 0 N–H and O–H groups in total. The first kappa shape index (κ1) is 30.5. The van der Waals surface area contributed by atoms with E-state index in [0.717, 1.165) is 48.5 Å². The zero-order valence-corrected chi connectivity index (χ0v) is 22.9. The van der Waals surface area contributed by atoms with Crippen molar-refractivity contribution in [1.82, 2.24) is 0 Å². The van der Waals surface area contributed by atoms with Gasteiger partial charge >= 0.3 is 0 Å². The fourth-order valence-electron chi connectivity index (χ4n) is 4.24. The molecule has 1 heterocycles. The molecule has 5 nitrogen and oxygen atoms in total. The largest absolute Gasteiger partial charge is 0.756 e. The number of hydrogen-bond acceptors (Lipinski definition) is 5. The number of phosphoric ester groups is 1. The van der Waals surface area contributed by atoms with Gasteiger partial charge in [-0.15, -0.1) is 0 Å². The first-order valence-electron chi connectivity index (χ1n) is 13.5. The predicted molar refractivity (Wildman–Crippen MR) is 137 cm³/mol. The third-order valence-electron chi connectivity index (χ3n) is 6.68. The molecule has 1 saturated heterocycles. The van der Waals surface area contributed by atoms with Gasteiger partial charge in [0.05, 0.1) is 26.7 Å². The third-order valence-corrected chi connectivity index (χ3v) is 8.62. The summed E-state index contributed by atoms with van der Waals surface area (Å²) in [6.45, 7) is 5.64. The van der Waals surface area contributed by atoms with Gasteiger partial charge in [0, 0.05) is 11.5 Å². The molecule has 1 aliphatic heterocycles. The highest BCUT2D eigenvalue weighted by Crippen LogP contribution is 2.38. The summed E-state index contributed by atoms with van der Waals surface area (Å²) in [4.78, 5) is 11.9. The average molecular weight is 494 g/mol. The van der Waals surface area contributed by atoms with Crippen LogP contribution < -0.4 is 4.89 Å². The van der Waals surface area contributed by atoms with Crippen LogP contribution in [0.1, 0.15) is 110 Å². The molecular formula is C25H52NO4PS. The maximum absolute atomic E-state index is 11.9. The fraction of sp³-hybridized carbons (Fsp3) is 1.00. The van der Waals surface area contributed by atoms with Crippen molar-refractivity contribution in [2.45, 2.75) is 110 Å². The molecule has 7 heteroatoms. The van der Waals surface area contributed by atoms with Crippen molar-refractivity contribution >= 4 is 19.6 Å². The van der Waals surface area contributed by atoms with Crippen LogP contribution in [0.2, 0.25) is 0 Å². The monoisotopic (exact) mass is 493 g/mol. The Kier molecular flexibility index (Phi) is 18.7. The first-order chi connectivity index (χ1) is 15.5. The molecule has 192 valence electrons. The minimum absolute atomic E-state index is 0.223. The average Bonchev–Trinajstić information content (AvgIpc) is 2.76. The van der Waals surface area contributed by atoms with Gasteiger partial charge in [-0.3, -0.25) is 4.57 Å². The van der Waals surface area contributed by atoms with E-state index in [9.17, 15) is 9.46 Å². The van der Waals surface area contributed by atoms with Gasteiger partial charge in [0.1, 0.15) is 13.2 Å². The number of hydrogen-bond donors (Lipinski definition) is 0. The molecule has 1 fully saturated rings. The topological polar surface area (TPSA) is 58.6 Å². The van der Waals surface area contributed by atoms with Crippen molar-refractivity contribution in [2.75, 3.05) is 51.4 Å². The normalized spacial score (nSPS) is 18.0. The lowest BCUT2D eigenvalue weighted by Crippen LogP contribution is -2.51. The molecule has 0 amide bonds. The number of nitrogens with zero attached hydrogens (tertiary/aromatic N) is 1. The Labute approximate surface area is 203 Å². The molecule has 0 radical (unpaired) electrons. The van der Waals surface area contributed by atoms with E-state index in [4.69, 9.17) is 9.05 Å². The zero-order chi connectivity index (χ0) is 23.4. The minimum Gasteiger partial charge on any atom is -0.756 e. The van der Waals surface area contributed by atoms with E-state index in [1.54, 1.807) is 0 Å². The van der Waals surface area contributed by atoms with E-state index in [0.29, 0.717) is 0 Å². The Hall–Kier alpha value is 0.420. The summed E-state index contributed by atoms with van der Waals surface area (Å²) in [5.74, 6) is 2.28. The van der Waals surface area contributed by atoms with Crippen LogP contribution in [0.15, 0.2) is 0 Å². The van der Waals surface area contributed by atoms with Gasteiger partial charge in [0.15, 0.2) is 0 Å².